The minimum atomic E-state index is -0.327. The van der Waals surface area contributed by atoms with Gasteiger partial charge in [-0.1, -0.05) is 49.7 Å². The highest BCUT2D eigenvalue weighted by atomic mass is 35.5. The molecule has 178 valence electrons. The maximum Gasteiger partial charge on any atom is 0.346 e. The maximum absolute atomic E-state index is 12.7. The van der Waals surface area contributed by atoms with E-state index in [1.54, 1.807) is 21.7 Å². The molecule has 33 heavy (non-hydrogen) atoms. The van der Waals surface area contributed by atoms with Gasteiger partial charge < -0.3 is 0 Å². The van der Waals surface area contributed by atoms with Crippen LogP contribution in [0.1, 0.15) is 38.3 Å². The average molecular weight is 491 g/mol. The van der Waals surface area contributed by atoms with E-state index in [-0.39, 0.29) is 24.6 Å². The molecule has 0 aromatic heterocycles. The molecule has 2 aromatic carbocycles. The number of nitrogens with zero attached hydrogens (tertiary/aromatic N) is 2. The summed E-state index contributed by atoms with van der Waals surface area (Å²) in [5, 5.41) is 2.20. The van der Waals surface area contributed by atoms with Gasteiger partial charge in [0.1, 0.15) is 0 Å². The number of carbonyl (C=O) groups excluding carboxylic acids is 2. The number of hydroxylamine groups is 1. The highest BCUT2D eigenvalue weighted by molar-refractivity contribution is 8.00. The number of benzene rings is 2. The van der Waals surface area contributed by atoms with Gasteiger partial charge in [-0.25, -0.2) is 15.7 Å². The first-order valence-corrected chi connectivity index (χ1v) is 12.3. The number of fused-ring (bicyclic) bond motifs is 1. The number of carbonyl (C=O) groups is 2. The second kappa shape index (κ2) is 11.7. The van der Waals surface area contributed by atoms with Crippen LogP contribution in [0.3, 0.4) is 0 Å². The molecule has 1 aliphatic rings. The van der Waals surface area contributed by atoms with Crippen molar-refractivity contribution in [3.05, 3.63) is 58.6 Å². The molecule has 1 atom stereocenters. The summed E-state index contributed by atoms with van der Waals surface area (Å²) in [5.41, 5.74) is 8.66. The fourth-order valence-electron chi connectivity index (χ4n) is 3.69. The molecule has 0 spiro atoms. The van der Waals surface area contributed by atoms with Gasteiger partial charge in [-0.3, -0.25) is 19.5 Å². The van der Waals surface area contributed by atoms with Crippen LogP contribution in [0.4, 0.5) is 10.5 Å². The van der Waals surface area contributed by atoms with Crippen LogP contribution in [0.25, 0.3) is 0 Å². The summed E-state index contributed by atoms with van der Waals surface area (Å²) in [5.74, 6) is 0.716. The van der Waals surface area contributed by atoms with E-state index in [1.165, 1.54) is 6.92 Å². The topological polar surface area (TPSA) is 73.9 Å². The van der Waals surface area contributed by atoms with Gasteiger partial charge in [0.05, 0.1) is 24.2 Å². The summed E-state index contributed by atoms with van der Waals surface area (Å²) in [6.07, 6.45) is 0.701. The standard InChI is InChI=1S/C24H31ClN4O3S/c1-16(2)11-20(29(18(4)30)26-13-19-7-5-6-8-21(19)25)14-32-27-24(31)28-15-33-23-12-17(3)9-10-22(23)28/h5-10,12,16,20,26H,11,13-15H2,1-4H3,(H,27,31)/t20-/m0/s1. The fourth-order valence-corrected chi connectivity index (χ4v) is 5.01. The Morgan fingerprint density at radius 2 is 2.00 bits per heavy atom. The fraction of sp³-hybridized carbons (Fsp3) is 0.417. The number of nitrogens with one attached hydrogen (secondary N) is 2. The molecular weight excluding hydrogens is 460 g/mol. The third-order valence-electron chi connectivity index (χ3n) is 5.28. The van der Waals surface area contributed by atoms with Gasteiger partial charge in [-0.15, -0.1) is 11.8 Å². The number of hydrazine groups is 1. The minimum absolute atomic E-state index is 0.136. The first kappa shape index (κ1) is 25.4. The second-order valence-corrected chi connectivity index (χ2v) is 9.88. The summed E-state index contributed by atoms with van der Waals surface area (Å²) < 4.78 is 0. The summed E-state index contributed by atoms with van der Waals surface area (Å²) in [4.78, 5) is 33.5. The van der Waals surface area contributed by atoms with Crippen molar-refractivity contribution in [2.24, 2.45) is 5.92 Å². The van der Waals surface area contributed by atoms with E-state index in [0.29, 0.717) is 29.8 Å². The lowest BCUT2D eigenvalue weighted by Crippen LogP contribution is -2.51. The van der Waals surface area contributed by atoms with Gasteiger partial charge in [-0.05, 0) is 48.6 Å². The number of anilines is 1. The number of hydrogen-bond acceptors (Lipinski definition) is 5. The molecule has 2 N–H and O–H groups in total. The van der Waals surface area contributed by atoms with E-state index in [4.69, 9.17) is 16.4 Å². The Morgan fingerprint density at radius 3 is 2.70 bits per heavy atom. The van der Waals surface area contributed by atoms with E-state index in [2.05, 4.69) is 30.8 Å². The van der Waals surface area contributed by atoms with E-state index in [1.807, 2.05) is 43.3 Å². The van der Waals surface area contributed by atoms with Gasteiger partial charge >= 0.3 is 6.03 Å². The van der Waals surface area contributed by atoms with Gasteiger partial charge in [0.15, 0.2) is 0 Å². The smallest absolute Gasteiger partial charge is 0.282 e. The lowest BCUT2D eigenvalue weighted by atomic mass is 10.0. The zero-order chi connectivity index (χ0) is 24.0. The molecule has 9 heteroatoms. The average Bonchev–Trinajstić information content (AvgIpc) is 3.17. The van der Waals surface area contributed by atoms with Crippen LogP contribution in [0.15, 0.2) is 47.4 Å². The predicted octanol–water partition coefficient (Wildman–Crippen LogP) is 5.13. The number of halogens is 1. The van der Waals surface area contributed by atoms with E-state index in [0.717, 1.165) is 21.7 Å². The molecule has 0 saturated heterocycles. The first-order valence-electron chi connectivity index (χ1n) is 11.0. The molecular formula is C24H31ClN4O3S. The molecule has 0 fully saturated rings. The molecule has 0 saturated carbocycles. The normalized spacial score (nSPS) is 13.7. The molecule has 1 aliphatic heterocycles. The minimum Gasteiger partial charge on any atom is -0.282 e. The number of urea groups is 1. The Bertz CT molecular complexity index is 988. The molecule has 7 nitrogen and oxygen atoms in total. The summed E-state index contributed by atoms with van der Waals surface area (Å²) in [7, 11) is 0. The lowest BCUT2D eigenvalue weighted by molar-refractivity contribution is -0.138. The number of thioether (sulfide) groups is 1. The van der Waals surface area contributed by atoms with Crippen molar-refractivity contribution in [2.75, 3.05) is 17.4 Å². The molecule has 0 radical (unpaired) electrons. The van der Waals surface area contributed by atoms with Crippen LogP contribution in [0.5, 0.6) is 0 Å². The number of hydrogen-bond donors (Lipinski definition) is 2. The van der Waals surface area contributed by atoms with E-state index < -0.39 is 0 Å². The third-order valence-corrected chi connectivity index (χ3v) is 6.68. The summed E-state index contributed by atoms with van der Waals surface area (Å²) in [6.45, 7) is 8.26. The Balaban J connectivity index is 1.60. The highest BCUT2D eigenvalue weighted by Crippen LogP contribution is 2.38. The molecule has 0 unspecified atom stereocenters. The third kappa shape index (κ3) is 6.86. The first-order chi connectivity index (χ1) is 15.8. The van der Waals surface area contributed by atoms with Crippen LogP contribution in [-0.2, 0) is 16.2 Å². The Labute approximate surface area is 204 Å². The predicted molar refractivity (Wildman–Crippen MR) is 133 cm³/mol. The molecule has 2 aromatic rings. The summed E-state index contributed by atoms with van der Waals surface area (Å²) >= 11 is 7.87. The number of amides is 3. The van der Waals surface area contributed by atoms with Gasteiger partial charge in [0.2, 0.25) is 5.91 Å². The highest BCUT2D eigenvalue weighted by Gasteiger charge is 2.27. The van der Waals surface area contributed by atoms with Crippen LogP contribution in [-0.4, -0.2) is 35.5 Å². The molecule has 0 bridgehead atoms. The van der Waals surface area contributed by atoms with Gasteiger partial charge in [-0.2, -0.15) is 0 Å². The Morgan fingerprint density at radius 1 is 1.24 bits per heavy atom. The molecule has 3 amide bonds. The van der Waals surface area contributed by atoms with Gasteiger partial charge in [0, 0.05) is 23.4 Å². The molecule has 0 aliphatic carbocycles. The van der Waals surface area contributed by atoms with Crippen molar-refractivity contribution in [3.8, 4) is 0 Å². The summed E-state index contributed by atoms with van der Waals surface area (Å²) in [6, 6.07) is 12.9. The van der Waals surface area contributed by atoms with Crippen molar-refractivity contribution in [1.82, 2.24) is 15.9 Å². The quantitative estimate of drug-likeness (QED) is 0.477. The maximum atomic E-state index is 12.7. The zero-order valence-electron chi connectivity index (χ0n) is 19.4. The second-order valence-electron chi connectivity index (χ2n) is 8.49. The van der Waals surface area contributed by atoms with Crippen molar-refractivity contribution in [3.63, 3.8) is 0 Å². The van der Waals surface area contributed by atoms with Crippen molar-refractivity contribution >= 4 is 41.0 Å². The van der Waals surface area contributed by atoms with E-state index in [9.17, 15) is 9.59 Å². The number of rotatable bonds is 9. The van der Waals surface area contributed by atoms with Crippen LogP contribution >= 0.6 is 23.4 Å². The van der Waals surface area contributed by atoms with Crippen LogP contribution in [0.2, 0.25) is 5.02 Å². The zero-order valence-corrected chi connectivity index (χ0v) is 21.0. The number of aryl methyl sites for hydroxylation is 1. The van der Waals surface area contributed by atoms with Gasteiger partial charge in [0.25, 0.3) is 0 Å². The molecule has 3 rings (SSSR count). The molecule has 1 heterocycles. The Kier molecular flexibility index (Phi) is 9.02. The van der Waals surface area contributed by atoms with Crippen LogP contribution < -0.4 is 15.8 Å². The van der Waals surface area contributed by atoms with Crippen LogP contribution in [0, 0.1) is 12.8 Å². The largest absolute Gasteiger partial charge is 0.346 e. The SMILES string of the molecule is CC(=O)N(NCc1ccccc1Cl)[C@H](CONC(=O)N1CSc2cc(C)ccc21)CC(C)C. The Hall–Kier alpha value is -2.26. The van der Waals surface area contributed by atoms with Crippen molar-refractivity contribution in [2.45, 2.75) is 51.6 Å². The van der Waals surface area contributed by atoms with Crippen molar-refractivity contribution < 1.29 is 14.4 Å². The van der Waals surface area contributed by atoms with E-state index >= 15 is 0 Å². The monoisotopic (exact) mass is 490 g/mol. The van der Waals surface area contributed by atoms with Crippen molar-refractivity contribution in [1.29, 1.82) is 0 Å². The lowest BCUT2D eigenvalue weighted by Gasteiger charge is -2.32.